The molecule has 2 N–H and O–H groups in total. The number of nitrogens with zero attached hydrogens (tertiary/aromatic N) is 2. The Morgan fingerprint density at radius 2 is 1.76 bits per heavy atom. The second-order valence-electron chi connectivity index (χ2n) is 6.01. The topological polar surface area (TPSA) is 32.5 Å². The van der Waals surface area contributed by atoms with Crippen molar-refractivity contribution in [3.8, 4) is 0 Å². The fourth-order valence-corrected chi connectivity index (χ4v) is 3.51. The minimum Gasteiger partial charge on any atom is -0.392 e. The number of piperazine rings is 1. The molecule has 1 aliphatic heterocycles. The zero-order valence-electron chi connectivity index (χ0n) is 13.4. The van der Waals surface area contributed by atoms with Crippen molar-refractivity contribution >= 4 is 17.2 Å². The number of benzene rings is 1. The van der Waals surface area contributed by atoms with E-state index in [0.717, 1.165) is 39.1 Å². The van der Waals surface area contributed by atoms with E-state index in [1.54, 1.807) is 0 Å². The molecule has 116 valence electrons. The van der Waals surface area contributed by atoms with E-state index in [1.165, 1.54) is 16.7 Å². The van der Waals surface area contributed by atoms with E-state index in [9.17, 15) is 0 Å². The molecule has 1 aromatic carbocycles. The first kappa shape index (κ1) is 16.4. The lowest BCUT2D eigenvalue weighted by atomic mass is 10.0. The predicted molar refractivity (Wildman–Crippen MR) is 93.6 cm³/mol. The molecule has 21 heavy (non-hydrogen) atoms. The lowest BCUT2D eigenvalue weighted by Gasteiger charge is -2.39. The van der Waals surface area contributed by atoms with Crippen LogP contribution >= 0.6 is 12.2 Å². The molecule has 1 atom stereocenters. The zero-order valence-corrected chi connectivity index (χ0v) is 14.2. The summed E-state index contributed by atoms with van der Waals surface area (Å²) in [5.74, 6) is 0. The molecular formula is C17H27N3S. The standard InChI is InChI=1S/C17H27N3S/c1-4-16(17(18)21)20-10-8-19(9-11-20)12-15-13(2)6-5-7-14(15)3/h5-7,16H,4,8-12H2,1-3H3,(H2,18,21). The fourth-order valence-electron chi connectivity index (χ4n) is 3.19. The summed E-state index contributed by atoms with van der Waals surface area (Å²) < 4.78 is 0. The molecule has 0 aromatic heterocycles. The number of aryl methyl sites for hydroxylation is 2. The number of hydrogen-bond acceptors (Lipinski definition) is 3. The SMILES string of the molecule is CCC(C(N)=S)N1CCN(Cc2c(C)cccc2C)CC1. The molecule has 3 nitrogen and oxygen atoms in total. The van der Waals surface area contributed by atoms with Crippen molar-refractivity contribution in [2.45, 2.75) is 39.8 Å². The van der Waals surface area contributed by atoms with Crippen LogP contribution in [0.2, 0.25) is 0 Å². The van der Waals surface area contributed by atoms with Crippen LogP contribution in [0.25, 0.3) is 0 Å². The van der Waals surface area contributed by atoms with Gasteiger partial charge in [-0.05, 0) is 37.0 Å². The monoisotopic (exact) mass is 305 g/mol. The van der Waals surface area contributed by atoms with Gasteiger partial charge in [-0.15, -0.1) is 0 Å². The maximum absolute atomic E-state index is 5.85. The third-order valence-corrected chi connectivity index (χ3v) is 4.86. The van der Waals surface area contributed by atoms with Gasteiger partial charge in [-0.1, -0.05) is 37.3 Å². The summed E-state index contributed by atoms with van der Waals surface area (Å²) in [7, 11) is 0. The molecule has 1 unspecified atom stereocenters. The zero-order chi connectivity index (χ0) is 15.4. The molecule has 1 heterocycles. The molecule has 4 heteroatoms. The Labute approximate surface area is 134 Å². The maximum atomic E-state index is 5.85. The average Bonchev–Trinajstić information content (AvgIpc) is 2.45. The van der Waals surface area contributed by atoms with Crippen molar-refractivity contribution < 1.29 is 0 Å². The second-order valence-corrected chi connectivity index (χ2v) is 6.48. The van der Waals surface area contributed by atoms with E-state index >= 15 is 0 Å². The molecule has 0 aliphatic carbocycles. The summed E-state index contributed by atoms with van der Waals surface area (Å²) in [6.07, 6.45) is 1.01. The maximum Gasteiger partial charge on any atom is 0.0901 e. The third-order valence-electron chi connectivity index (χ3n) is 4.59. The summed E-state index contributed by atoms with van der Waals surface area (Å²) in [4.78, 5) is 5.61. The lowest BCUT2D eigenvalue weighted by Crippen LogP contribution is -2.53. The van der Waals surface area contributed by atoms with Crippen molar-refractivity contribution in [2.75, 3.05) is 26.2 Å². The molecule has 2 rings (SSSR count). The molecule has 0 spiro atoms. The Bertz CT molecular complexity index is 473. The summed E-state index contributed by atoms with van der Waals surface area (Å²) in [6.45, 7) is 11.9. The summed E-state index contributed by atoms with van der Waals surface area (Å²) >= 11 is 5.19. The molecular weight excluding hydrogens is 278 g/mol. The third kappa shape index (κ3) is 4.02. The van der Waals surface area contributed by atoms with Crippen LogP contribution in [0.15, 0.2) is 18.2 Å². The molecule has 1 aliphatic rings. The van der Waals surface area contributed by atoms with Crippen LogP contribution < -0.4 is 5.73 Å². The number of rotatable bonds is 5. The van der Waals surface area contributed by atoms with E-state index in [-0.39, 0.29) is 6.04 Å². The van der Waals surface area contributed by atoms with Crippen LogP contribution in [0.5, 0.6) is 0 Å². The smallest absolute Gasteiger partial charge is 0.0901 e. The second kappa shape index (κ2) is 7.34. The summed E-state index contributed by atoms with van der Waals surface area (Å²) in [6, 6.07) is 6.82. The lowest BCUT2D eigenvalue weighted by molar-refractivity contribution is 0.111. The highest BCUT2D eigenvalue weighted by Gasteiger charge is 2.24. The highest BCUT2D eigenvalue weighted by atomic mass is 32.1. The van der Waals surface area contributed by atoms with Gasteiger partial charge in [0.25, 0.3) is 0 Å². The summed E-state index contributed by atoms with van der Waals surface area (Å²) in [5.41, 5.74) is 10.1. The Morgan fingerprint density at radius 3 is 2.24 bits per heavy atom. The Morgan fingerprint density at radius 1 is 1.19 bits per heavy atom. The largest absolute Gasteiger partial charge is 0.392 e. The van der Waals surface area contributed by atoms with Crippen molar-refractivity contribution in [2.24, 2.45) is 5.73 Å². The first-order valence-electron chi connectivity index (χ1n) is 7.83. The fraction of sp³-hybridized carbons (Fsp3) is 0.588. The Hall–Kier alpha value is -0.970. The van der Waals surface area contributed by atoms with Gasteiger partial charge in [0.05, 0.1) is 11.0 Å². The summed E-state index contributed by atoms with van der Waals surface area (Å²) in [5, 5.41) is 0. The molecule has 1 saturated heterocycles. The first-order chi connectivity index (χ1) is 10.0. The van der Waals surface area contributed by atoms with Crippen molar-refractivity contribution in [3.05, 3.63) is 34.9 Å². The number of hydrogen-bond donors (Lipinski definition) is 1. The molecule has 0 bridgehead atoms. The van der Waals surface area contributed by atoms with E-state index < -0.39 is 0 Å². The van der Waals surface area contributed by atoms with Gasteiger partial charge in [-0.25, -0.2) is 0 Å². The molecule has 0 radical (unpaired) electrons. The first-order valence-corrected chi connectivity index (χ1v) is 8.24. The van der Waals surface area contributed by atoms with Gasteiger partial charge in [-0.3, -0.25) is 9.80 Å². The van der Waals surface area contributed by atoms with Gasteiger partial charge in [0.2, 0.25) is 0 Å². The molecule has 0 amide bonds. The minimum atomic E-state index is 0.266. The quantitative estimate of drug-likeness (QED) is 0.847. The van der Waals surface area contributed by atoms with Crippen LogP contribution in [-0.2, 0) is 6.54 Å². The van der Waals surface area contributed by atoms with E-state index in [4.69, 9.17) is 18.0 Å². The Balaban J connectivity index is 1.94. The highest BCUT2D eigenvalue weighted by molar-refractivity contribution is 7.80. The Kier molecular flexibility index (Phi) is 5.73. The highest BCUT2D eigenvalue weighted by Crippen LogP contribution is 2.18. The van der Waals surface area contributed by atoms with Crippen LogP contribution in [0.1, 0.15) is 30.0 Å². The van der Waals surface area contributed by atoms with Crippen LogP contribution in [0, 0.1) is 13.8 Å². The van der Waals surface area contributed by atoms with Gasteiger partial charge in [0.15, 0.2) is 0 Å². The van der Waals surface area contributed by atoms with Gasteiger partial charge in [0.1, 0.15) is 0 Å². The van der Waals surface area contributed by atoms with Gasteiger partial charge >= 0.3 is 0 Å². The van der Waals surface area contributed by atoms with E-state index in [0.29, 0.717) is 4.99 Å². The van der Waals surface area contributed by atoms with Crippen molar-refractivity contribution in [1.82, 2.24) is 9.80 Å². The van der Waals surface area contributed by atoms with Crippen LogP contribution in [0.4, 0.5) is 0 Å². The molecule has 1 fully saturated rings. The van der Waals surface area contributed by atoms with Gasteiger partial charge < -0.3 is 5.73 Å². The van der Waals surface area contributed by atoms with Gasteiger partial charge in [-0.2, -0.15) is 0 Å². The minimum absolute atomic E-state index is 0.266. The predicted octanol–water partition coefficient (Wildman–Crippen LogP) is 2.49. The van der Waals surface area contributed by atoms with Gasteiger partial charge in [0, 0.05) is 32.7 Å². The normalized spacial score (nSPS) is 18.6. The van der Waals surface area contributed by atoms with Crippen LogP contribution in [0.3, 0.4) is 0 Å². The molecule has 1 aromatic rings. The molecule has 0 saturated carbocycles. The van der Waals surface area contributed by atoms with E-state index in [1.807, 2.05) is 0 Å². The van der Waals surface area contributed by atoms with Crippen LogP contribution in [-0.4, -0.2) is 47.0 Å². The number of thiocarbonyl (C=S) groups is 1. The van der Waals surface area contributed by atoms with Crippen molar-refractivity contribution in [1.29, 1.82) is 0 Å². The van der Waals surface area contributed by atoms with Crippen molar-refractivity contribution in [3.63, 3.8) is 0 Å². The number of nitrogens with two attached hydrogens (primary N) is 1. The average molecular weight is 305 g/mol. The van der Waals surface area contributed by atoms with E-state index in [2.05, 4.69) is 48.8 Å².